The van der Waals surface area contributed by atoms with Gasteiger partial charge in [-0.3, -0.25) is 4.99 Å². The number of halogens is 1. The molecule has 1 aliphatic heterocycles. The van der Waals surface area contributed by atoms with Crippen molar-refractivity contribution >= 4 is 11.6 Å². The van der Waals surface area contributed by atoms with E-state index in [9.17, 15) is 4.39 Å². The number of para-hydroxylation sites is 1. The standard InChI is InChI=1S/C17H18FN3/c1-2-17(13-7-6-8-14(18)11-13)12-20-16(19)21(17)15-9-4-3-5-10-15/h3-11H,2,12H2,1H3,(H2,19,20). The number of guanidine groups is 1. The highest BCUT2D eigenvalue weighted by Crippen LogP contribution is 2.39. The van der Waals surface area contributed by atoms with E-state index in [0.29, 0.717) is 12.5 Å². The maximum atomic E-state index is 13.7. The molecule has 21 heavy (non-hydrogen) atoms. The first kappa shape index (κ1) is 13.6. The summed E-state index contributed by atoms with van der Waals surface area (Å²) in [5.41, 5.74) is 7.57. The van der Waals surface area contributed by atoms with Crippen LogP contribution in [-0.4, -0.2) is 12.5 Å². The number of rotatable bonds is 3. The van der Waals surface area contributed by atoms with Gasteiger partial charge in [0.25, 0.3) is 0 Å². The lowest BCUT2D eigenvalue weighted by atomic mass is 9.85. The summed E-state index contributed by atoms with van der Waals surface area (Å²) >= 11 is 0. The molecule has 0 amide bonds. The van der Waals surface area contributed by atoms with Crippen LogP contribution in [0.2, 0.25) is 0 Å². The third kappa shape index (κ3) is 2.17. The van der Waals surface area contributed by atoms with Crippen LogP contribution in [0.4, 0.5) is 10.1 Å². The van der Waals surface area contributed by atoms with E-state index in [0.717, 1.165) is 17.7 Å². The van der Waals surface area contributed by atoms with Gasteiger partial charge in [-0.25, -0.2) is 4.39 Å². The topological polar surface area (TPSA) is 41.6 Å². The Labute approximate surface area is 123 Å². The average Bonchev–Trinajstić information content (AvgIpc) is 2.86. The molecular weight excluding hydrogens is 265 g/mol. The first-order valence-corrected chi connectivity index (χ1v) is 7.08. The van der Waals surface area contributed by atoms with Crippen LogP contribution in [0, 0.1) is 5.82 Å². The fraction of sp³-hybridized carbons (Fsp3) is 0.235. The number of hydrogen-bond acceptors (Lipinski definition) is 3. The number of aliphatic imine (C=N–C) groups is 1. The number of nitrogens with zero attached hydrogens (tertiary/aromatic N) is 2. The maximum Gasteiger partial charge on any atom is 0.196 e. The van der Waals surface area contributed by atoms with Crippen molar-refractivity contribution in [2.24, 2.45) is 10.7 Å². The first-order valence-electron chi connectivity index (χ1n) is 7.08. The molecule has 0 aliphatic carbocycles. The molecule has 0 bridgehead atoms. The predicted molar refractivity (Wildman–Crippen MR) is 83.8 cm³/mol. The molecule has 1 heterocycles. The van der Waals surface area contributed by atoms with Gasteiger partial charge in [-0.15, -0.1) is 0 Å². The molecule has 1 atom stereocenters. The fourth-order valence-electron chi connectivity index (χ4n) is 3.00. The molecule has 1 aliphatic rings. The van der Waals surface area contributed by atoms with Gasteiger partial charge >= 0.3 is 0 Å². The summed E-state index contributed by atoms with van der Waals surface area (Å²) in [6.07, 6.45) is 0.787. The summed E-state index contributed by atoms with van der Waals surface area (Å²) in [6.45, 7) is 2.61. The van der Waals surface area contributed by atoms with E-state index in [4.69, 9.17) is 5.73 Å². The molecule has 4 heteroatoms. The van der Waals surface area contributed by atoms with Gasteiger partial charge in [-0.2, -0.15) is 0 Å². The van der Waals surface area contributed by atoms with E-state index in [1.54, 1.807) is 12.1 Å². The van der Waals surface area contributed by atoms with Gasteiger partial charge in [0.15, 0.2) is 5.96 Å². The van der Waals surface area contributed by atoms with Gasteiger partial charge in [-0.05, 0) is 36.2 Å². The second-order valence-electron chi connectivity index (χ2n) is 5.24. The molecular formula is C17H18FN3. The van der Waals surface area contributed by atoms with E-state index >= 15 is 0 Å². The summed E-state index contributed by atoms with van der Waals surface area (Å²) in [5.74, 6) is 0.242. The Kier molecular flexibility index (Phi) is 3.37. The van der Waals surface area contributed by atoms with E-state index in [2.05, 4.69) is 11.9 Å². The van der Waals surface area contributed by atoms with Crippen molar-refractivity contribution in [1.82, 2.24) is 0 Å². The molecule has 0 aromatic heterocycles. The molecule has 0 saturated carbocycles. The number of benzene rings is 2. The number of anilines is 1. The Balaban J connectivity index is 2.13. The summed E-state index contributed by atoms with van der Waals surface area (Å²) in [5, 5.41) is 0. The van der Waals surface area contributed by atoms with Crippen molar-refractivity contribution in [1.29, 1.82) is 0 Å². The third-order valence-electron chi connectivity index (χ3n) is 4.12. The predicted octanol–water partition coefficient (Wildman–Crippen LogP) is 3.27. The molecule has 3 nitrogen and oxygen atoms in total. The molecule has 0 saturated heterocycles. The molecule has 0 spiro atoms. The van der Waals surface area contributed by atoms with Gasteiger partial charge in [-0.1, -0.05) is 37.3 Å². The van der Waals surface area contributed by atoms with Crippen LogP contribution in [0.3, 0.4) is 0 Å². The summed E-state index contributed by atoms with van der Waals surface area (Å²) in [7, 11) is 0. The van der Waals surface area contributed by atoms with E-state index in [1.165, 1.54) is 6.07 Å². The number of hydrogen-bond donors (Lipinski definition) is 1. The van der Waals surface area contributed by atoms with Crippen LogP contribution in [0.25, 0.3) is 0 Å². The fourth-order valence-corrected chi connectivity index (χ4v) is 3.00. The van der Waals surface area contributed by atoms with Crippen LogP contribution in [0.1, 0.15) is 18.9 Å². The SMILES string of the molecule is CCC1(c2cccc(F)c2)CN=C(N)N1c1ccccc1. The number of nitrogens with two attached hydrogens (primary N) is 1. The van der Waals surface area contributed by atoms with Crippen molar-refractivity contribution in [3.8, 4) is 0 Å². The van der Waals surface area contributed by atoms with E-state index in [1.807, 2.05) is 41.3 Å². The maximum absolute atomic E-state index is 13.7. The smallest absolute Gasteiger partial charge is 0.196 e. The van der Waals surface area contributed by atoms with Gasteiger partial charge in [0.1, 0.15) is 5.82 Å². The minimum atomic E-state index is -0.423. The lowest BCUT2D eigenvalue weighted by Crippen LogP contribution is -2.49. The summed E-state index contributed by atoms with van der Waals surface area (Å²) in [6, 6.07) is 16.6. The van der Waals surface area contributed by atoms with Crippen molar-refractivity contribution in [3.63, 3.8) is 0 Å². The molecule has 0 fully saturated rings. The average molecular weight is 283 g/mol. The Morgan fingerprint density at radius 3 is 2.62 bits per heavy atom. The second-order valence-corrected chi connectivity index (χ2v) is 5.24. The zero-order chi connectivity index (χ0) is 14.9. The summed E-state index contributed by atoms with van der Waals surface area (Å²) in [4.78, 5) is 6.44. The lowest BCUT2D eigenvalue weighted by molar-refractivity contribution is 0.458. The molecule has 108 valence electrons. The molecule has 0 radical (unpaired) electrons. The van der Waals surface area contributed by atoms with E-state index < -0.39 is 5.54 Å². The van der Waals surface area contributed by atoms with Crippen molar-refractivity contribution in [2.45, 2.75) is 18.9 Å². The normalized spacial score (nSPS) is 21.4. The third-order valence-corrected chi connectivity index (χ3v) is 4.12. The minimum Gasteiger partial charge on any atom is -0.369 e. The Hall–Kier alpha value is -2.36. The van der Waals surface area contributed by atoms with Gasteiger partial charge in [0.2, 0.25) is 0 Å². The van der Waals surface area contributed by atoms with Gasteiger partial charge in [0.05, 0.1) is 12.1 Å². The molecule has 2 N–H and O–H groups in total. The monoisotopic (exact) mass is 283 g/mol. The zero-order valence-electron chi connectivity index (χ0n) is 12.0. The molecule has 2 aromatic rings. The van der Waals surface area contributed by atoms with Crippen LogP contribution >= 0.6 is 0 Å². The Bertz CT molecular complexity index is 669. The lowest BCUT2D eigenvalue weighted by Gasteiger charge is -2.39. The largest absolute Gasteiger partial charge is 0.369 e. The highest BCUT2D eigenvalue weighted by atomic mass is 19.1. The minimum absolute atomic E-state index is 0.237. The van der Waals surface area contributed by atoms with Crippen LogP contribution in [-0.2, 0) is 5.54 Å². The van der Waals surface area contributed by atoms with Crippen LogP contribution < -0.4 is 10.6 Å². The molecule has 3 rings (SSSR count). The molecule has 2 aromatic carbocycles. The summed E-state index contributed by atoms with van der Waals surface area (Å²) < 4.78 is 13.7. The van der Waals surface area contributed by atoms with Crippen molar-refractivity contribution in [2.75, 3.05) is 11.4 Å². The first-order chi connectivity index (χ1) is 10.2. The Morgan fingerprint density at radius 2 is 1.95 bits per heavy atom. The van der Waals surface area contributed by atoms with Gasteiger partial charge in [0, 0.05) is 5.69 Å². The highest BCUT2D eigenvalue weighted by Gasteiger charge is 2.43. The van der Waals surface area contributed by atoms with Crippen LogP contribution in [0.15, 0.2) is 59.6 Å². The quantitative estimate of drug-likeness (QED) is 0.939. The van der Waals surface area contributed by atoms with Gasteiger partial charge < -0.3 is 10.6 Å². The van der Waals surface area contributed by atoms with Crippen molar-refractivity contribution in [3.05, 3.63) is 66.0 Å². The van der Waals surface area contributed by atoms with Crippen LogP contribution in [0.5, 0.6) is 0 Å². The van der Waals surface area contributed by atoms with E-state index in [-0.39, 0.29) is 5.82 Å². The van der Waals surface area contributed by atoms with Crippen molar-refractivity contribution < 1.29 is 4.39 Å². The second kappa shape index (κ2) is 5.20. The Morgan fingerprint density at radius 1 is 1.19 bits per heavy atom. The molecule has 1 unspecified atom stereocenters. The highest BCUT2D eigenvalue weighted by molar-refractivity contribution is 5.98. The zero-order valence-corrected chi connectivity index (χ0v) is 12.0.